The van der Waals surface area contributed by atoms with Crippen molar-refractivity contribution in [2.45, 2.75) is 6.54 Å². The Morgan fingerprint density at radius 3 is 2.82 bits per heavy atom. The summed E-state index contributed by atoms with van der Waals surface area (Å²) in [7, 11) is 0. The van der Waals surface area contributed by atoms with Gasteiger partial charge < -0.3 is 9.73 Å². The second-order valence-corrected chi connectivity index (χ2v) is 5.11. The van der Waals surface area contributed by atoms with Crippen LogP contribution in [0.5, 0.6) is 0 Å². The zero-order chi connectivity index (χ0) is 14.9. The van der Waals surface area contributed by atoms with Crippen molar-refractivity contribution in [1.82, 2.24) is 4.98 Å². The summed E-state index contributed by atoms with van der Waals surface area (Å²) in [6, 6.07) is 16.3. The maximum Gasteiger partial charge on any atom is 0.153 e. The van der Waals surface area contributed by atoms with E-state index in [9.17, 15) is 4.39 Å². The van der Waals surface area contributed by atoms with Crippen molar-refractivity contribution in [2.75, 3.05) is 5.32 Å². The second-order valence-electron chi connectivity index (χ2n) is 5.11. The average Bonchev–Trinajstić information content (AvgIpc) is 2.92. The van der Waals surface area contributed by atoms with Crippen molar-refractivity contribution in [3.63, 3.8) is 0 Å². The lowest BCUT2D eigenvalue weighted by Crippen LogP contribution is -2.01. The first-order valence-electron chi connectivity index (χ1n) is 7.06. The predicted octanol–water partition coefficient (Wildman–Crippen LogP) is 4.73. The summed E-state index contributed by atoms with van der Waals surface area (Å²) in [5.74, 6) is -0.202. The summed E-state index contributed by atoms with van der Waals surface area (Å²) in [5.41, 5.74) is 3.95. The van der Waals surface area contributed by atoms with Crippen LogP contribution >= 0.6 is 0 Å². The van der Waals surface area contributed by atoms with Gasteiger partial charge in [0, 0.05) is 29.4 Å². The Balaban J connectivity index is 1.67. The molecule has 0 aliphatic rings. The van der Waals surface area contributed by atoms with Gasteiger partial charge in [-0.25, -0.2) is 4.39 Å². The molecule has 0 spiro atoms. The fourth-order valence-electron chi connectivity index (χ4n) is 2.55. The van der Waals surface area contributed by atoms with Gasteiger partial charge in [-0.05, 0) is 36.4 Å². The maximum atomic E-state index is 13.6. The standard InChI is InChI=1S/C18H13FN2O/c19-15-5-2-1-4-12(15)11-21-13-7-8-16-14(10-13)18-17(22-16)6-3-9-20-18/h1-10,21H,11H2. The molecule has 0 aliphatic carbocycles. The highest BCUT2D eigenvalue weighted by Crippen LogP contribution is 2.29. The van der Waals surface area contributed by atoms with Crippen LogP contribution in [-0.4, -0.2) is 4.98 Å². The first kappa shape index (κ1) is 12.8. The number of pyridine rings is 1. The maximum absolute atomic E-state index is 13.6. The minimum atomic E-state index is -0.202. The molecule has 4 heteroatoms. The first-order valence-corrected chi connectivity index (χ1v) is 7.06. The van der Waals surface area contributed by atoms with Crippen molar-refractivity contribution in [3.05, 3.63) is 72.2 Å². The van der Waals surface area contributed by atoms with E-state index in [1.165, 1.54) is 6.07 Å². The van der Waals surface area contributed by atoms with Gasteiger partial charge in [0.05, 0.1) is 0 Å². The molecule has 1 N–H and O–H groups in total. The van der Waals surface area contributed by atoms with Crippen LogP contribution in [-0.2, 0) is 6.54 Å². The van der Waals surface area contributed by atoms with E-state index in [0.717, 1.165) is 27.8 Å². The Hall–Kier alpha value is -2.88. The van der Waals surface area contributed by atoms with Gasteiger partial charge in [0.15, 0.2) is 5.58 Å². The Labute approximate surface area is 126 Å². The summed E-state index contributed by atoms with van der Waals surface area (Å²) in [6.07, 6.45) is 1.75. The van der Waals surface area contributed by atoms with Gasteiger partial charge in [0.2, 0.25) is 0 Å². The molecule has 0 fully saturated rings. The highest BCUT2D eigenvalue weighted by atomic mass is 19.1. The second kappa shape index (κ2) is 5.15. The predicted molar refractivity (Wildman–Crippen MR) is 85.2 cm³/mol. The van der Waals surface area contributed by atoms with E-state index >= 15 is 0 Å². The highest BCUT2D eigenvalue weighted by Gasteiger charge is 2.08. The Bertz CT molecular complexity index is 962. The summed E-state index contributed by atoms with van der Waals surface area (Å²) < 4.78 is 19.4. The third kappa shape index (κ3) is 2.19. The third-order valence-corrected chi connectivity index (χ3v) is 3.67. The van der Waals surface area contributed by atoms with Gasteiger partial charge in [-0.3, -0.25) is 4.98 Å². The third-order valence-electron chi connectivity index (χ3n) is 3.67. The van der Waals surface area contributed by atoms with Crippen LogP contribution in [0.15, 0.2) is 65.2 Å². The number of aromatic nitrogens is 1. The number of hydrogen-bond acceptors (Lipinski definition) is 3. The van der Waals surface area contributed by atoms with E-state index in [2.05, 4.69) is 10.3 Å². The summed E-state index contributed by atoms with van der Waals surface area (Å²) in [6.45, 7) is 0.432. The molecule has 4 aromatic rings. The number of hydrogen-bond donors (Lipinski definition) is 1. The van der Waals surface area contributed by atoms with Crippen molar-refractivity contribution in [2.24, 2.45) is 0 Å². The Morgan fingerprint density at radius 2 is 1.91 bits per heavy atom. The van der Waals surface area contributed by atoms with Crippen molar-refractivity contribution >= 4 is 27.8 Å². The Kier molecular flexibility index (Phi) is 3.00. The van der Waals surface area contributed by atoms with Crippen LogP contribution in [0.2, 0.25) is 0 Å². The molecule has 0 unspecified atom stereocenters. The zero-order valence-electron chi connectivity index (χ0n) is 11.7. The van der Waals surface area contributed by atoms with Crippen LogP contribution < -0.4 is 5.32 Å². The molecule has 0 bridgehead atoms. The van der Waals surface area contributed by atoms with Crippen LogP contribution in [0, 0.1) is 5.82 Å². The lowest BCUT2D eigenvalue weighted by atomic mass is 10.2. The van der Waals surface area contributed by atoms with E-state index in [0.29, 0.717) is 12.1 Å². The normalized spacial score (nSPS) is 11.1. The number of nitrogens with zero attached hydrogens (tertiary/aromatic N) is 1. The molecule has 3 nitrogen and oxygen atoms in total. The molecule has 2 aromatic heterocycles. The molecule has 0 saturated carbocycles. The summed E-state index contributed by atoms with van der Waals surface area (Å²) in [4.78, 5) is 4.36. The van der Waals surface area contributed by atoms with E-state index in [1.807, 2.05) is 36.4 Å². The van der Waals surface area contributed by atoms with Gasteiger partial charge in [0.1, 0.15) is 16.9 Å². The highest BCUT2D eigenvalue weighted by molar-refractivity contribution is 6.03. The summed E-state index contributed by atoms with van der Waals surface area (Å²) in [5, 5.41) is 4.19. The Morgan fingerprint density at radius 1 is 1.00 bits per heavy atom. The minimum Gasteiger partial charge on any atom is -0.454 e. The van der Waals surface area contributed by atoms with Crippen molar-refractivity contribution in [1.29, 1.82) is 0 Å². The molecule has 2 heterocycles. The SMILES string of the molecule is Fc1ccccc1CNc1ccc2oc3cccnc3c2c1. The number of rotatable bonds is 3. The van der Waals surface area contributed by atoms with E-state index in [1.54, 1.807) is 18.3 Å². The molecule has 4 rings (SSSR count). The largest absolute Gasteiger partial charge is 0.454 e. The molecule has 2 aromatic carbocycles. The fourth-order valence-corrected chi connectivity index (χ4v) is 2.55. The van der Waals surface area contributed by atoms with Gasteiger partial charge in [-0.15, -0.1) is 0 Å². The molecule has 0 saturated heterocycles. The quantitative estimate of drug-likeness (QED) is 0.593. The topological polar surface area (TPSA) is 38.1 Å². The van der Waals surface area contributed by atoms with Gasteiger partial charge >= 0.3 is 0 Å². The van der Waals surface area contributed by atoms with Gasteiger partial charge in [-0.2, -0.15) is 0 Å². The average molecular weight is 292 g/mol. The molecule has 0 radical (unpaired) electrons. The molecule has 0 aliphatic heterocycles. The molecular weight excluding hydrogens is 279 g/mol. The zero-order valence-corrected chi connectivity index (χ0v) is 11.7. The smallest absolute Gasteiger partial charge is 0.153 e. The van der Waals surface area contributed by atoms with Crippen molar-refractivity contribution < 1.29 is 8.81 Å². The number of nitrogens with one attached hydrogen (secondary N) is 1. The monoisotopic (exact) mass is 292 g/mol. The number of benzene rings is 2. The van der Waals surface area contributed by atoms with Gasteiger partial charge in [0.25, 0.3) is 0 Å². The molecule has 0 amide bonds. The molecule has 0 atom stereocenters. The first-order chi connectivity index (χ1) is 10.8. The number of halogens is 1. The van der Waals surface area contributed by atoms with Gasteiger partial charge in [-0.1, -0.05) is 18.2 Å². The minimum absolute atomic E-state index is 0.202. The van der Waals surface area contributed by atoms with Crippen LogP contribution in [0.1, 0.15) is 5.56 Å². The number of fused-ring (bicyclic) bond motifs is 3. The van der Waals surface area contributed by atoms with Crippen LogP contribution in [0.4, 0.5) is 10.1 Å². The number of furan rings is 1. The fraction of sp³-hybridized carbons (Fsp3) is 0.0556. The summed E-state index contributed by atoms with van der Waals surface area (Å²) >= 11 is 0. The number of anilines is 1. The van der Waals surface area contributed by atoms with Crippen LogP contribution in [0.25, 0.3) is 22.1 Å². The van der Waals surface area contributed by atoms with Crippen molar-refractivity contribution in [3.8, 4) is 0 Å². The van der Waals surface area contributed by atoms with Crippen LogP contribution in [0.3, 0.4) is 0 Å². The molecular formula is C18H13FN2O. The van der Waals surface area contributed by atoms with E-state index < -0.39 is 0 Å². The molecule has 108 valence electrons. The van der Waals surface area contributed by atoms with E-state index in [-0.39, 0.29) is 5.82 Å². The lowest BCUT2D eigenvalue weighted by Gasteiger charge is -2.07. The lowest BCUT2D eigenvalue weighted by molar-refractivity contribution is 0.613. The van der Waals surface area contributed by atoms with E-state index in [4.69, 9.17) is 4.42 Å². The molecule has 22 heavy (non-hydrogen) atoms.